The van der Waals surface area contributed by atoms with Gasteiger partial charge < -0.3 is 4.90 Å². The van der Waals surface area contributed by atoms with Gasteiger partial charge in [-0.05, 0) is 51.3 Å². The molecular formula is C18H22N2O3S2. The van der Waals surface area contributed by atoms with Gasteiger partial charge in [0.1, 0.15) is 4.90 Å². The Hall–Kier alpha value is -1.86. The van der Waals surface area contributed by atoms with Gasteiger partial charge in [0.25, 0.3) is 15.9 Å². The van der Waals surface area contributed by atoms with Gasteiger partial charge >= 0.3 is 0 Å². The van der Waals surface area contributed by atoms with Gasteiger partial charge in [-0.15, -0.1) is 11.3 Å². The molecule has 2 heterocycles. The van der Waals surface area contributed by atoms with Crippen LogP contribution in [0.4, 0.5) is 5.69 Å². The van der Waals surface area contributed by atoms with Gasteiger partial charge in [-0.2, -0.15) is 0 Å². The fourth-order valence-electron chi connectivity index (χ4n) is 3.19. The van der Waals surface area contributed by atoms with Crippen molar-refractivity contribution in [1.29, 1.82) is 0 Å². The number of nitrogens with one attached hydrogen (secondary N) is 1. The first-order chi connectivity index (χ1) is 11.8. The number of thiophene rings is 1. The smallest absolute Gasteiger partial charge is 0.263 e. The lowest BCUT2D eigenvalue weighted by Gasteiger charge is -2.20. The summed E-state index contributed by atoms with van der Waals surface area (Å²) in [5.74, 6) is -0.105. The second-order valence-corrected chi connectivity index (χ2v) is 9.49. The molecule has 7 heteroatoms. The molecule has 3 rings (SSSR count). The molecule has 1 fully saturated rings. The minimum Gasteiger partial charge on any atom is -0.339 e. The van der Waals surface area contributed by atoms with E-state index < -0.39 is 10.0 Å². The number of likely N-dealkylation sites (tertiary alicyclic amines) is 1. The molecule has 1 N–H and O–H groups in total. The normalized spacial score (nSPS) is 14.8. The Balaban J connectivity index is 1.99. The molecule has 1 aliphatic rings. The molecule has 0 saturated carbocycles. The molecule has 0 spiro atoms. The van der Waals surface area contributed by atoms with E-state index in [9.17, 15) is 13.2 Å². The van der Waals surface area contributed by atoms with Gasteiger partial charge in [-0.3, -0.25) is 9.52 Å². The summed E-state index contributed by atoms with van der Waals surface area (Å²) >= 11 is 1.45. The maximum Gasteiger partial charge on any atom is 0.263 e. The van der Waals surface area contributed by atoms with Crippen molar-refractivity contribution in [2.45, 2.75) is 38.5 Å². The number of rotatable bonds is 4. The monoisotopic (exact) mass is 378 g/mol. The molecule has 1 amide bonds. The minimum absolute atomic E-state index is 0.105. The number of sulfonamides is 1. The zero-order valence-electron chi connectivity index (χ0n) is 14.6. The van der Waals surface area contributed by atoms with Crippen molar-refractivity contribution in [3.63, 3.8) is 0 Å². The lowest BCUT2D eigenvalue weighted by Crippen LogP contribution is -2.29. The Labute approximate surface area is 152 Å². The highest BCUT2D eigenvalue weighted by Gasteiger charge is 2.26. The molecule has 1 aromatic heterocycles. The first-order valence-electron chi connectivity index (χ1n) is 8.28. The van der Waals surface area contributed by atoms with E-state index in [1.54, 1.807) is 30.0 Å². The maximum atomic E-state index is 12.9. The van der Waals surface area contributed by atoms with E-state index in [0.29, 0.717) is 11.3 Å². The van der Waals surface area contributed by atoms with Crippen LogP contribution < -0.4 is 4.72 Å². The van der Waals surface area contributed by atoms with Gasteiger partial charge in [0.15, 0.2) is 0 Å². The molecular weight excluding hydrogens is 356 g/mol. The van der Waals surface area contributed by atoms with Crippen molar-refractivity contribution >= 4 is 33.0 Å². The molecule has 0 unspecified atom stereocenters. The number of hydrogen-bond donors (Lipinski definition) is 1. The molecule has 1 aromatic carbocycles. The SMILES string of the molecule is Cc1cc(S(=O)(=O)Nc2cccc(C)c2C(=O)N2CCCC2)c(C)s1. The summed E-state index contributed by atoms with van der Waals surface area (Å²) in [6.45, 7) is 6.95. The average Bonchev–Trinajstić information content (AvgIpc) is 3.16. The molecule has 0 bridgehead atoms. The topological polar surface area (TPSA) is 66.5 Å². The van der Waals surface area contributed by atoms with E-state index in [1.165, 1.54) is 11.3 Å². The van der Waals surface area contributed by atoms with Crippen molar-refractivity contribution in [3.05, 3.63) is 45.1 Å². The molecule has 0 aliphatic carbocycles. The van der Waals surface area contributed by atoms with E-state index in [-0.39, 0.29) is 10.8 Å². The summed E-state index contributed by atoms with van der Waals surface area (Å²) in [6, 6.07) is 6.92. The number of benzene rings is 1. The van der Waals surface area contributed by atoms with Crippen LogP contribution in [-0.2, 0) is 10.0 Å². The third-order valence-corrected chi connectivity index (χ3v) is 7.00. The highest BCUT2D eigenvalue weighted by atomic mass is 32.2. The lowest BCUT2D eigenvalue weighted by molar-refractivity contribution is 0.0793. The van der Waals surface area contributed by atoms with Crippen LogP contribution >= 0.6 is 11.3 Å². The first kappa shape index (κ1) is 17.9. The molecule has 1 saturated heterocycles. The van der Waals surface area contributed by atoms with E-state index in [4.69, 9.17) is 0 Å². The van der Waals surface area contributed by atoms with Crippen LogP contribution in [0.25, 0.3) is 0 Å². The number of amides is 1. The minimum atomic E-state index is -3.73. The zero-order chi connectivity index (χ0) is 18.2. The van der Waals surface area contributed by atoms with Crippen LogP contribution in [0, 0.1) is 20.8 Å². The van der Waals surface area contributed by atoms with Gasteiger partial charge in [0.2, 0.25) is 0 Å². The summed E-state index contributed by atoms with van der Waals surface area (Å²) in [4.78, 5) is 16.6. The molecule has 134 valence electrons. The standard InChI is InChI=1S/C18H22N2O3S2/c1-12-7-6-8-15(17(12)18(21)20-9-4-5-10-20)19-25(22,23)16-11-13(2)24-14(16)3/h6-8,11,19H,4-5,9-10H2,1-3H3. The summed E-state index contributed by atoms with van der Waals surface area (Å²) in [5, 5.41) is 0. The highest BCUT2D eigenvalue weighted by Crippen LogP contribution is 2.29. The van der Waals surface area contributed by atoms with E-state index in [0.717, 1.165) is 41.2 Å². The van der Waals surface area contributed by atoms with Gasteiger partial charge in [-0.25, -0.2) is 8.42 Å². The first-order valence-corrected chi connectivity index (χ1v) is 10.6. The predicted octanol–water partition coefficient (Wildman–Crippen LogP) is 3.71. The van der Waals surface area contributed by atoms with Crippen molar-refractivity contribution in [1.82, 2.24) is 4.90 Å². The van der Waals surface area contributed by atoms with Crippen LogP contribution in [0.1, 0.15) is 38.5 Å². The number of nitrogens with zero attached hydrogens (tertiary/aromatic N) is 1. The molecule has 5 nitrogen and oxygen atoms in total. The number of carbonyl (C=O) groups excluding carboxylic acids is 1. The van der Waals surface area contributed by atoms with Gasteiger partial charge in [0, 0.05) is 22.8 Å². The van der Waals surface area contributed by atoms with Gasteiger partial charge in [-0.1, -0.05) is 12.1 Å². The van der Waals surface area contributed by atoms with Crippen LogP contribution in [0.3, 0.4) is 0 Å². The summed E-state index contributed by atoms with van der Waals surface area (Å²) in [5.41, 5.74) is 1.56. The van der Waals surface area contributed by atoms with Crippen LogP contribution in [0.2, 0.25) is 0 Å². The zero-order valence-corrected chi connectivity index (χ0v) is 16.3. The molecule has 25 heavy (non-hydrogen) atoms. The van der Waals surface area contributed by atoms with E-state index in [1.807, 2.05) is 19.9 Å². The summed E-state index contributed by atoms with van der Waals surface area (Å²) < 4.78 is 28.3. The Morgan fingerprint density at radius 2 is 1.84 bits per heavy atom. The van der Waals surface area contributed by atoms with Crippen LogP contribution in [0.15, 0.2) is 29.2 Å². The Kier molecular flexibility index (Phi) is 4.88. The fraction of sp³-hybridized carbons (Fsp3) is 0.389. The number of anilines is 1. The Morgan fingerprint density at radius 1 is 1.16 bits per heavy atom. The molecule has 0 atom stereocenters. The molecule has 1 aliphatic heterocycles. The number of aryl methyl sites for hydroxylation is 3. The highest BCUT2D eigenvalue weighted by molar-refractivity contribution is 7.93. The van der Waals surface area contributed by atoms with Crippen molar-refractivity contribution in [3.8, 4) is 0 Å². The lowest BCUT2D eigenvalue weighted by atomic mass is 10.1. The fourth-order valence-corrected chi connectivity index (χ4v) is 5.82. The molecule has 2 aromatic rings. The predicted molar refractivity (Wildman–Crippen MR) is 101 cm³/mol. The van der Waals surface area contributed by atoms with Crippen molar-refractivity contribution < 1.29 is 13.2 Å². The summed E-state index contributed by atoms with van der Waals surface area (Å²) in [7, 11) is -3.73. The van der Waals surface area contributed by atoms with Crippen LogP contribution in [0.5, 0.6) is 0 Å². The van der Waals surface area contributed by atoms with Crippen LogP contribution in [-0.4, -0.2) is 32.3 Å². The van der Waals surface area contributed by atoms with Gasteiger partial charge in [0.05, 0.1) is 11.3 Å². The van der Waals surface area contributed by atoms with Crippen molar-refractivity contribution in [2.24, 2.45) is 0 Å². The largest absolute Gasteiger partial charge is 0.339 e. The average molecular weight is 379 g/mol. The summed E-state index contributed by atoms with van der Waals surface area (Å²) in [6.07, 6.45) is 1.98. The Morgan fingerprint density at radius 3 is 2.44 bits per heavy atom. The maximum absolute atomic E-state index is 12.9. The quantitative estimate of drug-likeness (QED) is 0.882. The number of carbonyl (C=O) groups is 1. The van der Waals surface area contributed by atoms with E-state index >= 15 is 0 Å². The Bertz CT molecular complexity index is 910. The third-order valence-electron chi connectivity index (χ3n) is 4.41. The van der Waals surface area contributed by atoms with E-state index in [2.05, 4.69) is 4.72 Å². The molecule has 0 radical (unpaired) electrons. The second-order valence-electron chi connectivity index (χ2n) is 6.38. The number of hydrogen-bond acceptors (Lipinski definition) is 4. The third kappa shape index (κ3) is 3.57. The second kappa shape index (κ2) is 6.80. The van der Waals surface area contributed by atoms with Crippen molar-refractivity contribution in [2.75, 3.05) is 17.8 Å².